The number of aromatic nitrogens is 2. The molecular formula is C27H31BrN4O. The Bertz CT molecular complexity index is 1130. The lowest BCUT2D eigenvalue weighted by molar-refractivity contribution is 0.0767. The molecule has 0 radical (unpaired) electrons. The van der Waals surface area contributed by atoms with Crippen LogP contribution < -0.4 is 4.90 Å². The number of amides is 1. The van der Waals surface area contributed by atoms with E-state index in [9.17, 15) is 4.79 Å². The first kappa shape index (κ1) is 23.4. The third kappa shape index (κ3) is 5.61. The molecule has 2 aromatic carbocycles. The molecule has 0 N–H and O–H groups in total. The highest BCUT2D eigenvalue weighted by Crippen LogP contribution is 2.26. The Morgan fingerprint density at radius 3 is 2.52 bits per heavy atom. The van der Waals surface area contributed by atoms with Crippen molar-refractivity contribution in [1.29, 1.82) is 0 Å². The molecule has 1 fully saturated rings. The highest BCUT2D eigenvalue weighted by Gasteiger charge is 2.24. The van der Waals surface area contributed by atoms with Crippen molar-refractivity contribution >= 4 is 27.7 Å². The van der Waals surface area contributed by atoms with Gasteiger partial charge in [-0.15, -0.1) is 0 Å². The fourth-order valence-electron chi connectivity index (χ4n) is 4.42. The van der Waals surface area contributed by atoms with Crippen molar-refractivity contribution in [3.8, 4) is 0 Å². The molecule has 2 heterocycles. The molecule has 33 heavy (non-hydrogen) atoms. The third-order valence-corrected chi connectivity index (χ3v) is 6.67. The van der Waals surface area contributed by atoms with E-state index in [-0.39, 0.29) is 5.91 Å². The van der Waals surface area contributed by atoms with E-state index in [2.05, 4.69) is 58.9 Å². The van der Waals surface area contributed by atoms with Gasteiger partial charge in [-0.3, -0.25) is 4.79 Å². The molecular weight excluding hydrogens is 476 g/mol. The normalized spacial score (nSPS) is 14.3. The summed E-state index contributed by atoms with van der Waals surface area (Å²) in [6, 6.07) is 16.3. The summed E-state index contributed by atoms with van der Waals surface area (Å²) in [5, 5.41) is 0. The van der Waals surface area contributed by atoms with E-state index in [0.29, 0.717) is 6.54 Å². The second-order valence-corrected chi connectivity index (χ2v) is 9.59. The number of halogens is 1. The summed E-state index contributed by atoms with van der Waals surface area (Å²) >= 11 is 3.48. The zero-order chi connectivity index (χ0) is 23.4. The second kappa shape index (κ2) is 10.5. The Balaban J connectivity index is 1.58. The van der Waals surface area contributed by atoms with Crippen LogP contribution in [0.5, 0.6) is 0 Å². The molecule has 172 valence electrons. The number of aryl methyl sites for hydroxylation is 3. The van der Waals surface area contributed by atoms with Crippen LogP contribution in [0.2, 0.25) is 0 Å². The number of hydrogen-bond donors (Lipinski definition) is 0. The van der Waals surface area contributed by atoms with Gasteiger partial charge in [0.05, 0.1) is 0 Å². The first-order chi connectivity index (χ1) is 15.9. The first-order valence-corrected chi connectivity index (χ1v) is 12.5. The van der Waals surface area contributed by atoms with Crippen molar-refractivity contribution in [3.05, 3.63) is 86.8 Å². The maximum absolute atomic E-state index is 13.1. The first-order valence-electron chi connectivity index (χ1n) is 11.7. The van der Waals surface area contributed by atoms with E-state index in [1.807, 2.05) is 36.1 Å². The molecule has 6 heteroatoms. The maximum Gasteiger partial charge on any atom is 0.253 e. The second-order valence-electron chi connectivity index (χ2n) is 8.68. The summed E-state index contributed by atoms with van der Waals surface area (Å²) in [5.41, 5.74) is 5.58. The topological polar surface area (TPSA) is 49.3 Å². The van der Waals surface area contributed by atoms with Crippen molar-refractivity contribution in [1.82, 2.24) is 14.9 Å². The Morgan fingerprint density at radius 1 is 1.00 bits per heavy atom. The highest BCUT2D eigenvalue weighted by atomic mass is 79.9. The van der Waals surface area contributed by atoms with Crippen molar-refractivity contribution < 1.29 is 4.79 Å². The minimum absolute atomic E-state index is 0.0890. The van der Waals surface area contributed by atoms with Gasteiger partial charge in [0.25, 0.3) is 5.91 Å². The summed E-state index contributed by atoms with van der Waals surface area (Å²) < 4.78 is 0.925. The lowest BCUT2D eigenvalue weighted by Crippen LogP contribution is -2.35. The highest BCUT2D eigenvalue weighted by molar-refractivity contribution is 9.10. The van der Waals surface area contributed by atoms with Gasteiger partial charge < -0.3 is 9.80 Å². The van der Waals surface area contributed by atoms with Crippen LogP contribution in [0.15, 0.2) is 53.0 Å². The van der Waals surface area contributed by atoms with Gasteiger partial charge in [-0.05, 0) is 50.5 Å². The molecule has 1 aromatic heterocycles. The zero-order valence-corrected chi connectivity index (χ0v) is 21.2. The van der Waals surface area contributed by atoms with E-state index >= 15 is 0 Å². The summed E-state index contributed by atoms with van der Waals surface area (Å²) in [6.07, 6.45) is 2.60. The van der Waals surface area contributed by atoms with E-state index in [1.165, 1.54) is 16.7 Å². The molecule has 0 bridgehead atoms. The molecule has 3 aromatic rings. The quantitative estimate of drug-likeness (QED) is 0.467. The van der Waals surface area contributed by atoms with Gasteiger partial charge in [0.1, 0.15) is 11.6 Å². The predicted octanol–water partition coefficient (Wildman–Crippen LogP) is 5.36. The molecule has 0 spiro atoms. The van der Waals surface area contributed by atoms with E-state index < -0.39 is 0 Å². The lowest BCUT2D eigenvalue weighted by atomic mass is 10.0. The fraction of sp³-hybridized carbons (Fsp3) is 0.370. The summed E-state index contributed by atoms with van der Waals surface area (Å²) in [4.78, 5) is 27.1. The van der Waals surface area contributed by atoms with Crippen LogP contribution in [0.4, 0.5) is 5.82 Å². The monoisotopic (exact) mass is 506 g/mol. The molecule has 0 unspecified atom stereocenters. The molecule has 1 aliphatic heterocycles. The van der Waals surface area contributed by atoms with Crippen LogP contribution in [0.3, 0.4) is 0 Å². The smallest absolute Gasteiger partial charge is 0.253 e. The predicted molar refractivity (Wildman–Crippen MR) is 137 cm³/mol. The Hall–Kier alpha value is -2.73. The van der Waals surface area contributed by atoms with Gasteiger partial charge in [-0.1, -0.05) is 58.7 Å². The number of carbonyl (C=O) groups excluding carboxylic acids is 1. The Morgan fingerprint density at radius 2 is 1.79 bits per heavy atom. The average Bonchev–Trinajstić information content (AvgIpc) is 3.07. The molecule has 1 saturated heterocycles. The summed E-state index contributed by atoms with van der Waals surface area (Å²) in [5.74, 6) is 1.92. The van der Waals surface area contributed by atoms with Gasteiger partial charge in [0.15, 0.2) is 0 Å². The van der Waals surface area contributed by atoms with E-state index in [4.69, 9.17) is 9.97 Å². The molecule has 1 amide bonds. The molecule has 0 saturated carbocycles. The summed E-state index contributed by atoms with van der Waals surface area (Å²) in [7, 11) is 0. The standard InChI is InChI=1S/C27H31BrN4O/c1-4-25-24(17-21-11-9-19(2)10-12-21)26(30-20(3)29-25)31-13-6-14-32(16-15-31)27(33)22-7-5-8-23(28)18-22/h5,7-12,18H,4,6,13-17H2,1-3H3. The number of carbonyl (C=O) groups is 1. The molecule has 0 aliphatic carbocycles. The van der Waals surface area contributed by atoms with Crippen LogP contribution in [0, 0.1) is 13.8 Å². The number of anilines is 1. The van der Waals surface area contributed by atoms with Crippen molar-refractivity contribution in [3.63, 3.8) is 0 Å². The van der Waals surface area contributed by atoms with E-state index in [1.54, 1.807) is 0 Å². The Labute approximate surface area is 205 Å². The van der Waals surface area contributed by atoms with Crippen LogP contribution in [0.1, 0.15) is 51.9 Å². The van der Waals surface area contributed by atoms with Crippen LogP contribution in [0.25, 0.3) is 0 Å². The van der Waals surface area contributed by atoms with Crippen molar-refractivity contribution in [2.75, 3.05) is 31.1 Å². The van der Waals surface area contributed by atoms with Crippen molar-refractivity contribution in [2.24, 2.45) is 0 Å². The fourth-order valence-corrected chi connectivity index (χ4v) is 4.82. The SMILES string of the molecule is CCc1nc(C)nc(N2CCCN(C(=O)c3cccc(Br)c3)CC2)c1Cc1ccc(C)cc1. The molecule has 4 rings (SSSR count). The van der Waals surface area contributed by atoms with Gasteiger partial charge in [0, 0.05) is 53.9 Å². The van der Waals surface area contributed by atoms with Gasteiger partial charge >= 0.3 is 0 Å². The Kier molecular flexibility index (Phi) is 7.43. The minimum Gasteiger partial charge on any atom is -0.354 e. The average molecular weight is 507 g/mol. The number of nitrogens with zero attached hydrogens (tertiary/aromatic N) is 4. The molecule has 5 nitrogen and oxygen atoms in total. The zero-order valence-electron chi connectivity index (χ0n) is 19.6. The van der Waals surface area contributed by atoms with Crippen LogP contribution in [-0.2, 0) is 12.8 Å². The number of hydrogen-bond acceptors (Lipinski definition) is 4. The van der Waals surface area contributed by atoms with Gasteiger partial charge in [0.2, 0.25) is 0 Å². The minimum atomic E-state index is 0.0890. The maximum atomic E-state index is 13.1. The number of benzene rings is 2. The third-order valence-electron chi connectivity index (χ3n) is 6.17. The lowest BCUT2D eigenvalue weighted by Gasteiger charge is -2.26. The van der Waals surface area contributed by atoms with Crippen LogP contribution >= 0.6 is 15.9 Å². The van der Waals surface area contributed by atoms with Crippen molar-refractivity contribution in [2.45, 2.75) is 40.0 Å². The van der Waals surface area contributed by atoms with Gasteiger partial charge in [-0.2, -0.15) is 0 Å². The molecule has 0 atom stereocenters. The largest absolute Gasteiger partial charge is 0.354 e. The van der Waals surface area contributed by atoms with Crippen LogP contribution in [-0.4, -0.2) is 47.0 Å². The van der Waals surface area contributed by atoms with E-state index in [0.717, 1.165) is 66.3 Å². The summed E-state index contributed by atoms with van der Waals surface area (Å²) in [6.45, 7) is 9.31. The number of rotatable bonds is 5. The van der Waals surface area contributed by atoms with Gasteiger partial charge in [-0.25, -0.2) is 9.97 Å². The molecule has 1 aliphatic rings.